The molecule has 2 aromatic carbocycles. The summed E-state index contributed by atoms with van der Waals surface area (Å²) in [7, 11) is 0. The number of hydrogen-bond donors (Lipinski definition) is 2. The van der Waals surface area contributed by atoms with Gasteiger partial charge >= 0.3 is 0 Å². The number of piperidine rings is 2. The van der Waals surface area contributed by atoms with Crippen LogP contribution in [0.3, 0.4) is 0 Å². The second-order valence-electron chi connectivity index (χ2n) is 19.7. The topological polar surface area (TPSA) is 170 Å². The van der Waals surface area contributed by atoms with Crippen molar-refractivity contribution in [3.63, 3.8) is 0 Å². The van der Waals surface area contributed by atoms with Gasteiger partial charge in [-0.1, -0.05) is 33.8 Å². The lowest BCUT2D eigenvalue weighted by Crippen LogP contribution is -2.74. The number of anilines is 1. The number of aryl methyl sites for hydroxylation is 2. The predicted molar refractivity (Wildman–Crippen MR) is 233 cm³/mol. The standard InChI is InChI=1S/C48H60N8O6/c1-27(2)55(32-19-35(20-32)61-33-10-9-31-26-56(44(60)36(31)21-33)39-11-12-41(57)52-43(39)59)25-30-13-15-54(16-14-30)40-24-50-38(23-51-40)42(58)53-45-47(5,6)46(48(45,7)8)62-34-17-28(3)37(22-49)29(4)18-34/h9-10,17-18,21,23-24,27,30,32,35,39,45-46H,11-16,19-20,25-26H2,1-8H3,(H,53,58)(H,52,57,59). The molecule has 2 saturated carbocycles. The Morgan fingerprint density at radius 3 is 2.27 bits per heavy atom. The van der Waals surface area contributed by atoms with E-state index in [0.717, 1.165) is 73.6 Å². The van der Waals surface area contributed by atoms with Gasteiger partial charge in [0.15, 0.2) is 0 Å². The summed E-state index contributed by atoms with van der Waals surface area (Å²) in [6.45, 7) is 19.9. The van der Waals surface area contributed by atoms with Gasteiger partial charge in [0.1, 0.15) is 41.3 Å². The molecule has 2 N–H and O–H groups in total. The molecule has 14 heteroatoms. The highest BCUT2D eigenvalue weighted by molar-refractivity contribution is 6.05. The fourth-order valence-corrected chi connectivity index (χ4v) is 11.0. The van der Waals surface area contributed by atoms with Crippen LogP contribution < -0.4 is 25.0 Å². The molecule has 8 rings (SSSR count). The van der Waals surface area contributed by atoms with Crippen molar-refractivity contribution < 1.29 is 28.7 Å². The lowest BCUT2D eigenvalue weighted by Gasteiger charge is -2.63. The maximum atomic E-state index is 13.5. The zero-order valence-corrected chi connectivity index (χ0v) is 37.3. The highest BCUT2D eigenvalue weighted by Gasteiger charge is 2.64. The van der Waals surface area contributed by atoms with Crippen molar-refractivity contribution in [2.45, 2.75) is 137 Å². The number of benzene rings is 2. The molecule has 1 aromatic heterocycles. The first kappa shape index (κ1) is 43.1. The van der Waals surface area contributed by atoms with E-state index in [1.807, 2.05) is 44.2 Å². The number of fused-ring (bicyclic) bond motifs is 1. The van der Waals surface area contributed by atoms with Crippen molar-refractivity contribution in [2.24, 2.45) is 16.7 Å². The Balaban J connectivity index is 0.791. The maximum absolute atomic E-state index is 13.5. The number of imide groups is 1. The van der Waals surface area contributed by atoms with Crippen LogP contribution in [0.25, 0.3) is 0 Å². The number of rotatable bonds is 12. The van der Waals surface area contributed by atoms with E-state index in [2.05, 4.69) is 73.0 Å². The largest absolute Gasteiger partial charge is 0.490 e. The lowest BCUT2D eigenvalue weighted by atomic mass is 9.49. The van der Waals surface area contributed by atoms with Crippen LogP contribution in [0.4, 0.5) is 5.82 Å². The Morgan fingerprint density at radius 2 is 1.66 bits per heavy atom. The van der Waals surface area contributed by atoms with Crippen molar-refractivity contribution in [3.8, 4) is 17.6 Å². The molecule has 1 atom stereocenters. The Morgan fingerprint density at radius 1 is 0.968 bits per heavy atom. The monoisotopic (exact) mass is 844 g/mol. The number of amides is 4. The molecule has 3 aliphatic heterocycles. The molecule has 14 nitrogen and oxygen atoms in total. The zero-order valence-electron chi connectivity index (χ0n) is 37.3. The van der Waals surface area contributed by atoms with Gasteiger partial charge in [0.2, 0.25) is 11.8 Å². The van der Waals surface area contributed by atoms with Crippen LogP contribution in [0.15, 0.2) is 42.7 Å². The average molecular weight is 845 g/mol. The molecule has 5 aliphatic rings. The summed E-state index contributed by atoms with van der Waals surface area (Å²) in [6.07, 6.45) is 7.69. The minimum absolute atomic E-state index is 0.0685. The molecule has 4 fully saturated rings. The van der Waals surface area contributed by atoms with Crippen molar-refractivity contribution in [2.75, 3.05) is 24.5 Å². The highest BCUT2D eigenvalue weighted by atomic mass is 16.5. The smallest absolute Gasteiger partial charge is 0.271 e. The molecule has 328 valence electrons. The van der Waals surface area contributed by atoms with Gasteiger partial charge in [-0.05, 0) is 93.8 Å². The first-order valence-electron chi connectivity index (χ1n) is 22.2. The molecular formula is C48H60N8O6. The van der Waals surface area contributed by atoms with Crippen molar-refractivity contribution in [3.05, 3.63) is 76.2 Å². The number of carbonyl (C=O) groups excluding carboxylic acids is 4. The third-order valence-electron chi connectivity index (χ3n) is 14.3. The summed E-state index contributed by atoms with van der Waals surface area (Å²) in [5.74, 6) is 1.58. The Labute approximate surface area is 364 Å². The number of aromatic nitrogens is 2. The summed E-state index contributed by atoms with van der Waals surface area (Å²) in [6, 6.07) is 11.8. The molecule has 2 aliphatic carbocycles. The summed E-state index contributed by atoms with van der Waals surface area (Å²) >= 11 is 0. The number of nitriles is 1. The Hall–Kier alpha value is -5.55. The van der Waals surface area contributed by atoms with Crippen LogP contribution in [0, 0.1) is 41.9 Å². The van der Waals surface area contributed by atoms with Gasteiger partial charge in [-0.2, -0.15) is 5.26 Å². The number of carbonyl (C=O) groups is 4. The maximum Gasteiger partial charge on any atom is 0.271 e. The van der Waals surface area contributed by atoms with Gasteiger partial charge in [-0.15, -0.1) is 0 Å². The normalized spacial score (nSPS) is 25.4. The fourth-order valence-electron chi connectivity index (χ4n) is 11.0. The molecule has 4 amide bonds. The summed E-state index contributed by atoms with van der Waals surface area (Å²) in [5.41, 5.74) is 3.45. The van der Waals surface area contributed by atoms with Gasteiger partial charge in [0, 0.05) is 80.0 Å². The van der Waals surface area contributed by atoms with E-state index >= 15 is 0 Å². The number of ether oxygens (including phenoxy) is 2. The van der Waals surface area contributed by atoms with E-state index in [-0.39, 0.29) is 58.9 Å². The van der Waals surface area contributed by atoms with E-state index in [1.54, 1.807) is 17.3 Å². The molecular weight excluding hydrogens is 785 g/mol. The average Bonchev–Trinajstić information content (AvgIpc) is 3.54. The first-order chi connectivity index (χ1) is 29.4. The van der Waals surface area contributed by atoms with E-state index in [4.69, 9.17) is 14.5 Å². The van der Waals surface area contributed by atoms with E-state index < -0.39 is 11.9 Å². The quantitative estimate of drug-likeness (QED) is 0.209. The van der Waals surface area contributed by atoms with Crippen molar-refractivity contribution in [1.29, 1.82) is 5.26 Å². The van der Waals surface area contributed by atoms with Gasteiger partial charge < -0.3 is 24.6 Å². The fraction of sp³-hybridized carbons (Fsp3) is 0.562. The van der Waals surface area contributed by atoms with E-state index in [9.17, 15) is 24.4 Å². The van der Waals surface area contributed by atoms with E-state index in [0.29, 0.717) is 47.8 Å². The minimum Gasteiger partial charge on any atom is -0.490 e. The van der Waals surface area contributed by atoms with Crippen LogP contribution in [0.1, 0.15) is 123 Å². The number of nitrogens with one attached hydrogen (secondary N) is 2. The summed E-state index contributed by atoms with van der Waals surface area (Å²) in [4.78, 5) is 66.6. The van der Waals surface area contributed by atoms with Crippen LogP contribution in [-0.4, -0.2) is 99.4 Å². The van der Waals surface area contributed by atoms with Crippen molar-refractivity contribution >= 4 is 29.4 Å². The molecule has 0 spiro atoms. The number of hydrogen-bond acceptors (Lipinski definition) is 11. The minimum atomic E-state index is -0.633. The summed E-state index contributed by atoms with van der Waals surface area (Å²) in [5, 5.41) is 15.1. The molecule has 62 heavy (non-hydrogen) atoms. The Kier molecular flexibility index (Phi) is 11.6. The van der Waals surface area contributed by atoms with Crippen LogP contribution >= 0.6 is 0 Å². The van der Waals surface area contributed by atoms with Gasteiger partial charge in [0.25, 0.3) is 11.8 Å². The second-order valence-corrected chi connectivity index (χ2v) is 19.7. The highest BCUT2D eigenvalue weighted by Crippen LogP contribution is 2.55. The zero-order chi connectivity index (χ0) is 44.2. The molecule has 0 bridgehead atoms. The lowest BCUT2D eigenvalue weighted by molar-refractivity contribution is -0.164. The van der Waals surface area contributed by atoms with Gasteiger partial charge in [-0.25, -0.2) is 9.97 Å². The molecule has 3 aromatic rings. The van der Waals surface area contributed by atoms with Crippen LogP contribution in [0.5, 0.6) is 11.5 Å². The summed E-state index contributed by atoms with van der Waals surface area (Å²) < 4.78 is 12.9. The second kappa shape index (κ2) is 16.6. The van der Waals surface area contributed by atoms with Gasteiger partial charge in [0.05, 0.1) is 24.0 Å². The predicted octanol–water partition coefficient (Wildman–Crippen LogP) is 5.87. The molecule has 4 heterocycles. The van der Waals surface area contributed by atoms with E-state index in [1.165, 1.54) is 0 Å². The first-order valence-corrected chi connectivity index (χ1v) is 22.2. The molecule has 0 radical (unpaired) electrons. The third kappa shape index (κ3) is 8.12. The van der Waals surface area contributed by atoms with Gasteiger partial charge in [-0.3, -0.25) is 29.4 Å². The molecule has 1 unspecified atom stereocenters. The van der Waals surface area contributed by atoms with Crippen LogP contribution in [0.2, 0.25) is 0 Å². The molecule has 2 saturated heterocycles. The van der Waals surface area contributed by atoms with Crippen molar-refractivity contribution in [1.82, 2.24) is 30.4 Å². The number of nitrogens with zero attached hydrogens (tertiary/aromatic N) is 6. The Bertz CT molecular complexity index is 2250. The third-order valence-corrected chi connectivity index (χ3v) is 14.3. The van der Waals surface area contributed by atoms with Crippen LogP contribution in [-0.2, 0) is 16.1 Å². The SMILES string of the molecule is Cc1cc(OC2C(C)(C)C(NC(=O)c3cnc(N4CCC(CN(C(C)C)C5CC(Oc6ccc7c(c6)C(=O)N(C6CCC(=O)NC6=O)C7)C5)CC4)cn3)C2(C)C)cc(C)c1C#N.